The Labute approximate surface area is 173 Å². The van der Waals surface area contributed by atoms with Crippen LogP contribution in [0.15, 0.2) is 59.5 Å². The minimum atomic E-state index is -3.66. The maximum atomic E-state index is 12.7. The van der Waals surface area contributed by atoms with Gasteiger partial charge in [-0.1, -0.05) is 48.0 Å². The highest BCUT2D eigenvalue weighted by Crippen LogP contribution is 2.14. The van der Waals surface area contributed by atoms with Crippen LogP contribution in [0.1, 0.15) is 30.4 Å². The van der Waals surface area contributed by atoms with E-state index in [1.165, 1.54) is 4.90 Å². The number of sulfonamides is 1. The van der Waals surface area contributed by atoms with Gasteiger partial charge in [-0.15, -0.1) is 0 Å². The fourth-order valence-corrected chi connectivity index (χ4v) is 4.08. The predicted molar refractivity (Wildman–Crippen MR) is 114 cm³/mol. The van der Waals surface area contributed by atoms with E-state index in [2.05, 4.69) is 4.72 Å². The Kier molecular flexibility index (Phi) is 8.82. The summed E-state index contributed by atoms with van der Waals surface area (Å²) in [6.45, 7) is 2.77. The van der Waals surface area contributed by atoms with Crippen molar-refractivity contribution in [3.8, 4) is 0 Å². The highest BCUT2D eigenvalue weighted by Gasteiger charge is 2.21. The molecule has 6 nitrogen and oxygen atoms in total. The average molecular weight is 419 g/mol. The molecule has 29 heavy (non-hydrogen) atoms. The molecule has 0 aliphatic carbocycles. The van der Waals surface area contributed by atoms with E-state index in [0.29, 0.717) is 26.1 Å². The second-order valence-electron chi connectivity index (χ2n) is 7.28. The fraction of sp³-hybridized carbons (Fsp3) is 0.409. The predicted octanol–water partition coefficient (Wildman–Crippen LogP) is 3.12. The molecule has 2 aromatic rings. The molecule has 2 aromatic carbocycles. The number of benzene rings is 2. The number of ether oxygens (including phenoxy) is 1. The molecule has 1 amide bonds. The van der Waals surface area contributed by atoms with Crippen molar-refractivity contribution in [3.05, 3.63) is 65.7 Å². The number of carbonyl (C=O) groups excluding carboxylic acids is 1. The Hall–Kier alpha value is -2.22. The minimum Gasteiger partial charge on any atom is -0.377 e. The van der Waals surface area contributed by atoms with Crippen LogP contribution in [0.4, 0.5) is 0 Å². The fourth-order valence-electron chi connectivity index (χ4n) is 2.78. The van der Waals surface area contributed by atoms with Crippen LogP contribution in [0.3, 0.4) is 0 Å². The summed E-state index contributed by atoms with van der Waals surface area (Å²) in [6.07, 6.45) is 1.17. The smallest absolute Gasteiger partial charge is 0.240 e. The molecule has 0 spiro atoms. The normalized spacial score (nSPS) is 12.5. The molecule has 0 heterocycles. The van der Waals surface area contributed by atoms with Gasteiger partial charge in [-0.3, -0.25) is 4.79 Å². The lowest BCUT2D eigenvalue weighted by Gasteiger charge is -2.20. The molecule has 2 rings (SSSR count). The van der Waals surface area contributed by atoms with Gasteiger partial charge < -0.3 is 9.64 Å². The highest BCUT2D eigenvalue weighted by atomic mass is 32.2. The quantitative estimate of drug-likeness (QED) is 0.569. The van der Waals surface area contributed by atoms with Crippen LogP contribution in [0, 0.1) is 6.92 Å². The lowest BCUT2D eigenvalue weighted by atomic mass is 10.1. The average Bonchev–Trinajstić information content (AvgIpc) is 2.69. The maximum absolute atomic E-state index is 12.7. The molecule has 0 unspecified atom stereocenters. The van der Waals surface area contributed by atoms with E-state index in [9.17, 15) is 13.2 Å². The highest BCUT2D eigenvalue weighted by molar-refractivity contribution is 7.89. The molecule has 7 heteroatoms. The lowest BCUT2D eigenvalue weighted by Crippen LogP contribution is -2.37. The molecule has 1 N–H and O–H groups in total. The maximum Gasteiger partial charge on any atom is 0.240 e. The van der Waals surface area contributed by atoms with Gasteiger partial charge in [0.25, 0.3) is 0 Å². The summed E-state index contributed by atoms with van der Waals surface area (Å²) < 4.78 is 33.9. The Morgan fingerprint density at radius 1 is 1.03 bits per heavy atom. The number of aryl methyl sites for hydroxylation is 1. The number of carbonyl (C=O) groups is 1. The van der Waals surface area contributed by atoms with Gasteiger partial charge in [0.1, 0.15) is 0 Å². The van der Waals surface area contributed by atoms with Crippen LogP contribution in [-0.2, 0) is 26.2 Å². The van der Waals surface area contributed by atoms with Crippen molar-refractivity contribution >= 4 is 15.9 Å². The molecule has 0 aliphatic heterocycles. The zero-order valence-electron chi connectivity index (χ0n) is 17.3. The van der Waals surface area contributed by atoms with Crippen molar-refractivity contribution in [1.82, 2.24) is 9.62 Å². The van der Waals surface area contributed by atoms with Crippen molar-refractivity contribution < 1.29 is 17.9 Å². The molecule has 0 aliphatic rings. The zero-order valence-corrected chi connectivity index (χ0v) is 18.1. The third kappa shape index (κ3) is 7.97. The van der Waals surface area contributed by atoms with Gasteiger partial charge in [-0.05, 0) is 37.5 Å². The van der Waals surface area contributed by atoms with Crippen molar-refractivity contribution in [2.75, 3.05) is 20.7 Å². The number of hydrogen-bond donors (Lipinski definition) is 1. The summed E-state index contributed by atoms with van der Waals surface area (Å²) in [4.78, 5) is 13.7. The van der Waals surface area contributed by atoms with E-state index in [1.807, 2.05) is 37.3 Å². The summed E-state index contributed by atoms with van der Waals surface area (Å²) in [6, 6.07) is 16.1. The van der Waals surface area contributed by atoms with Crippen LogP contribution in [0.25, 0.3) is 0 Å². The third-order valence-corrected chi connectivity index (χ3v) is 6.12. The molecule has 158 valence electrons. The van der Waals surface area contributed by atoms with Crippen molar-refractivity contribution in [2.45, 2.75) is 43.7 Å². The van der Waals surface area contributed by atoms with Crippen molar-refractivity contribution in [3.63, 3.8) is 0 Å². The van der Waals surface area contributed by atoms with E-state index < -0.39 is 10.0 Å². The van der Waals surface area contributed by atoms with Gasteiger partial charge in [0, 0.05) is 33.2 Å². The van der Waals surface area contributed by atoms with Gasteiger partial charge in [-0.2, -0.15) is 0 Å². The summed E-state index contributed by atoms with van der Waals surface area (Å²) in [5.41, 5.74) is 2.05. The van der Waals surface area contributed by atoms with Crippen LogP contribution in [0.5, 0.6) is 0 Å². The van der Waals surface area contributed by atoms with Crippen LogP contribution < -0.4 is 4.72 Å². The molecule has 0 radical (unpaired) electrons. The first-order valence-corrected chi connectivity index (χ1v) is 11.2. The van der Waals surface area contributed by atoms with Crippen molar-refractivity contribution in [2.24, 2.45) is 0 Å². The lowest BCUT2D eigenvalue weighted by molar-refractivity contribution is -0.128. The van der Waals surface area contributed by atoms with E-state index in [1.54, 1.807) is 38.4 Å². The first-order chi connectivity index (χ1) is 13.8. The Morgan fingerprint density at radius 2 is 1.69 bits per heavy atom. The Bertz CT molecular complexity index is 865. The Balaban J connectivity index is 1.97. The largest absolute Gasteiger partial charge is 0.377 e. The molecular formula is C22H30N2O4S. The van der Waals surface area contributed by atoms with Crippen LogP contribution >= 0.6 is 0 Å². The molecular weight excluding hydrogens is 388 g/mol. The Morgan fingerprint density at radius 3 is 2.31 bits per heavy atom. The summed E-state index contributed by atoms with van der Waals surface area (Å²) >= 11 is 0. The van der Waals surface area contributed by atoms with Gasteiger partial charge in [0.05, 0.1) is 11.5 Å². The van der Waals surface area contributed by atoms with Gasteiger partial charge >= 0.3 is 0 Å². The first-order valence-electron chi connectivity index (χ1n) is 9.69. The van der Waals surface area contributed by atoms with Crippen LogP contribution in [0.2, 0.25) is 0 Å². The van der Waals surface area contributed by atoms with Crippen molar-refractivity contribution in [1.29, 1.82) is 0 Å². The third-order valence-electron chi connectivity index (χ3n) is 4.58. The number of amides is 1. The number of nitrogens with zero attached hydrogens (tertiary/aromatic N) is 1. The minimum absolute atomic E-state index is 0.0327. The summed E-state index contributed by atoms with van der Waals surface area (Å²) in [5, 5.41) is 0. The van der Waals surface area contributed by atoms with E-state index >= 15 is 0 Å². The van der Waals surface area contributed by atoms with E-state index in [0.717, 1.165) is 11.1 Å². The monoisotopic (exact) mass is 418 g/mol. The second kappa shape index (κ2) is 11.1. The SMILES string of the molecule is Cc1ccc(S(=O)(=O)N[C@@H](CCOCc2ccccc2)CCC(=O)N(C)C)cc1. The first kappa shape index (κ1) is 23.1. The van der Waals surface area contributed by atoms with Gasteiger partial charge in [0.2, 0.25) is 15.9 Å². The van der Waals surface area contributed by atoms with Gasteiger partial charge in [-0.25, -0.2) is 13.1 Å². The zero-order chi connectivity index (χ0) is 21.3. The standard InChI is InChI=1S/C22H30N2O4S/c1-18-9-12-21(13-10-18)29(26,27)23-20(11-14-22(25)24(2)3)15-16-28-17-19-7-5-4-6-8-19/h4-10,12-13,20,23H,11,14-17H2,1-3H3/t20-/m1/s1. The second-order valence-corrected chi connectivity index (χ2v) is 9.00. The molecule has 1 atom stereocenters. The number of rotatable bonds is 11. The van der Waals surface area contributed by atoms with E-state index in [-0.39, 0.29) is 23.3 Å². The summed E-state index contributed by atoms with van der Waals surface area (Å²) in [5.74, 6) is -0.0327. The molecule has 0 saturated carbocycles. The molecule has 0 saturated heterocycles. The number of hydrogen-bond acceptors (Lipinski definition) is 4. The topological polar surface area (TPSA) is 75.7 Å². The summed E-state index contributed by atoms with van der Waals surface area (Å²) in [7, 11) is -0.282. The molecule has 0 aromatic heterocycles. The van der Waals surface area contributed by atoms with Gasteiger partial charge in [0.15, 0.2) is 0 Å². The molecule has 0 bridgehead atoms. The number of nitrogens with one attached hydrogen (secondary N) is 1. The van der Waals surface area contributed by atoms with Crippen LogP contribution in [-0.4, -0.2) is 46.0 Å². The van der Waals surface area contributed by atoms with E-state index in [4.69, 9.17) is 4.74 Å². The molecule has 0 fully saturated rings.